The molecule has 0 unspecified atom stereocenters. The molecule has 2 aromatic heterocycles. The molecule has 2 amide bonds. The first-order valence-corrected chi connectivity index (χ1v) is 10.3. The summed E-state index contributed by atoms with van der Waals surface area (Å²) in [6.45, 7) is 5.50. The Labute approximate surface area is 182 Å². The second kappa shape index (κ2) is 8.57. The Morgan fingerprint density at radius 2 is 1.87 bits per heavy atom. The van der Waals surface area contributed by atoms with Gasteiger partial charge in [0, 0.05) is 18.2 Å². The summed E-state index contributed by atoms with van der Waals surface area (Å²) in [4.78, 5) is 28.1. The molecule has 9 heteroatoms. The van der Waals surface area contributed by atoms with Gasteiger partial charge in [-0.2, -0.15) is 0 Å². The SMILES string of the molecule is CC(=O)Nc1nc2ccc(NC(=O)c3ccc(OCc4c(C)noc4C)cc3)cc2s1. The Morgan fingerprint density at radius 3 is 2.55 bits per heavy atom. The number of ether oxygens (including phenoxy) is 1. The first kappa shape index (κ1) is 20.5. The number of thiazole rings is 1. The van der Waals surface area contributed by atoms with Crippen molar-refractivity contribution in [2.24, 2.45) is 0 Å². The molecule has 0 radical (unpaired) electrons. The minimum absolute atomic E-state index is 0.174. The maximum absolute atomic E-state index is 12.6. The van der Waals surface area contributed by atoms with Crippen LogP contribution in [0.15, 0.2) is 47.0 Å². The summed E-state index contributed by atoms with van der Waals surface area (Å²) < 4.78 is 11.8. The third-order valence-corrected chi connectivity index (χ3v) is 5.54. The summed E-state index contributed by atoms with van der Waals surface area (Å²) in [5.74, 6) is 0.971. The Bertz CT molecular complexity index is 1240. The van der Waals surface area contributed by atoms with Crippen molar-refractivity contribution in [3.8, 4) is 5.75 Å². The Hall–Kier alpha value is -3.72. The zero-order valence-corrected chi connectivity index (χ0v) is 18.0. The Morgan fingerprint density at radius 1 is 1.10 bits per heavy atom. The van der Waals surface area contributed by atoms with Gasteiger partial charge < -0.3 is 19.9 Å². The van der Waals surface area contributed by atoms with Crippen molar-refractivity contribution in [2.75, 3.05) is 10.6 Å². The van der Waals surface area contributed by atoms with Gasteiger partial charge >= 0.3 is 0 Å². The van der Waals surface area contributed by atoms with Gasteiger partial charge in [0.25, 0.3) is 5.91 Å². The van der Waals surface area contributed by atoms with Crippen LogP contribution in [0.4, 0.5) is 10.8 Å². The van der Waals surface area contributed by atoms with Crippen LogP contribution >= 0.6 is 11.3 Å². The fourth-order valence-corrected chi connectivity index (χ4v) is 3.93. The molecule has 2 aromatic carbocycles. The molecule has 0 bridgehead atoms. The van der Waals surface area contributed by atoms with Crippen LogP contribution in [0, 0.1) is 13.8 Å². The number of carbonyl (C=O) groups excluding carboxylic acids is 2. The zero-order valence-electron chi connectivity index (χ0n) is 17.2. The number of carbonyl (C=O) groups is 2. The summed E-state index contributed by atoms with van der Waals surface area (Å²) in [5.41, 5.74) is 3.63. The lowest BCUT2D eigenvalue weighted by atomic mass is 10.2. The highest BCUT2D eigenvalue weighted by molar-refractivity contribution is 7.22. The van der Waals surface area contributed by atoms with E-state index in [0.717, 1.165) is 27.2 Å². The van der Waals surface area contributed by atoms with Crippen LogP contribution in [0.3, 0.4) is 0 Å². The summed E-state index contributed by atoms with van der Waals surface area (Å²) in [5, 5.41) is 9.99. The largest absolute Gasteiger partial charge is 0.489 e. The topological polar surface area (TPSA) is 106 Å². The van der Waals surface area contributed by atoms with E-state index in [1.807, 2.05) is 19.9 Å². The number of fused-ring (bicyclic) bond motifs is 1. The summed E-state index contributed by atoms with van der Waals surface area (Å²) in [7, 11) is 0. The molecule has 4 rings (SSSR count). The number of hydrogen-bond acceptors (Lipinski definition) is 7. The number of nitrogens with zero attached hydrogens (tertiary/aromatic N) is 2. The van der Waals surface area contributed by atoms with Crippen molar-refractivity contribution in [1.82, 2.24) is 10.1 Å². The van der Waals surface area contributed by atoms with Crippen molar-refractivity contribution < 1.29 is 18.8 Å². The van der Waals surface area contributed by atoms with Crippen molar-refractivity contribution in [3.05, 3.63) is 65.0 Å². The number of nitrogens with one attached hydrogen (secondary N) is 2. The number of rotatable bonds is 6. The minimum atomic E-state index is -0.233. The molecule has 0 saturated heterocycles. The van der Waals surface area contributed by atoms with E-state index in [9.17, 15) is 9.59 Å². The number of aryl methyl sites for hydroxylation is 2. The van der Waals surface area contributed by atoms with Crippen LogP contribution in [-0.4, -0.2) is 22.0 Å². The average molecular weight is 436 g/mol. The molecule has 2 N–H and O–H groups in total. The van der Waals surface area contributed by atoms with E-state index in [1.54, 1.807) is 36.4 Å². The van der Waals surface area contributed by atoms with E-state index in [2.05, 4.69) is 20.8 Å². The molecular weight excluding hydrogens is 416 g/mol. The third kappa shape index (κ3) is 4.72. The van der Waals surface area contributed by atoms with Gasteiger partial charge in [0.2, 0.25) is 5.91 Å². The summed E-state index contributed by atoms with van der Waals surface area (Å²) in [6.07, 6.45) is 0. The van der Waals surface area contributed by atoms with Gasteiger partial charge in [0.15, 0.2) is 5.13 Å². The molecule has 0 aliphatic rings. The Kier molecular flexibility index (Phi) is 5.68. The number of anilines is 2. The number of benzene rings is 2. The quantitative estimate of drug-likeness (QED) is 0.454. The van der Waals surface area contributed by atoms with Crippen molar-refractivity contribution >= 4 is 44.2 Å². The minimum Gasteiger partial charge on any atom is -0.489 e. The fourth-order valence-electron chi connectivity index (χ4n) is 2.98. The van der Waals surface area contributed by atoms with E-state index in [1.165, 1.54) is 18.3 Å². The van der Waals surface area contributed by atoms with E-state index in [-0.39, 0.29) is 11.8 Å². The van der Waals surface area contributed by atoms with Crippen molar-refractivity contribution in [3.63, 3.8) is 0 Å². The molecule has 0 atom stereocenters. The van der Waals surface area contributed by atoms with Gasteiger partial charge in [0.1, 0.15) is 18.1 Å². The lowest BCUT2D eigenvalue weighted by Crippen LogP contribution is -2.11. The first-order chi connectivity index (χ1) is 14.9. The Balaban J connectivity index is 1.40. The van der Waals surface area contributed by atoms with Gasteiger partial charge in [-0.1, -0.05) is 16.5 Å². The van der Waals surface area contributed by atoms with Gasteiger partial charge in [-0.05, 0) is 56.3 Å². The van der Waals surface area contributed by atoms with Crippen LogP contribution in [0.2, 0.25) is 0 Å². The standard InChI is InChI=1S/C22H20N4O4S/c1-12-18(13(2)30-26-12)11-29-17-7-4-15(5-8-17)21(28)24-16-6-9-19-20(10-16)31-22(25-19)23-14(3)27/h4-10H,11H2,1-3H3,(H,24,28)(H,23,25,27). The normalized spacial score (nSPS) is 10.8. The van der Waals surface area contributed by atoms with Crippen LogP contribution in [0.5, 0.6) is 5.75 Å². The van der Waals surface area contributed by atoms with E-state index in [0.29, 0.717) is 28.7 Å². The smallest absolute Gasteiger partial charge is 0.255 e. The summed E-state index contributed by atoms with van der Waals surface area (Å²) >= 11 is 1.35. The molecule has 2 heterocycles. The molecule has 0 saturated carbocycles. The van der Waals surface area contributed by atoms with Crippen molar-refractivity contribution in [2.45, 2.75) is 27.4 Å². The van der Waals surface area contributed by atoms with Gasteiger partial charge in [-0.15, -0.1) is 0 Å². The number of hydrogen-bond donors (Lipinski definition) is 2. The molecule has 158 valence electrons. The van der Waals surface area contributed by atoms with Gasteiger partial charge in [-0.25, -0.2) is 4.98 Å². The van der Waals surface area contributed by atoms with E-state index in [4.69, 9.17) is 9.26 Å². The molecule has 4 aromatic rings. The maximum Gasteiger partial charge on any atom is 0.255 e. The van der Waals surface area contributed by atoms with Gasteiger partial charge in [-0.3, -0.25) is 9.59 Å². The number of aromatic nitrogens is 2. The van der Waals surface area contributed by atoms with Crippen LogP contribution in [0.25, 0.3) is 10.2 Å². The highest BCUT2D eigenvalue weighted by Gasteiger charge is 2.11. The van der Waals surface area contributed by atoms with Crippen LogP contribution in [0.1, 0.15) is 34.3 Å². The lowest BCUT2D eigenvalue weighted by Gasteiger charge is -2.08. The van der Waals surface area contributed by atoms with Gasteiger partial charge in [0.05, 0.1) is 21.5 Å². The fraction of sp³-hybridized carbons (Fsp3) is 0.182. The average Bonchev–Trinajstić information content (AvgIpc) is 3.27. The maximum atomic E-state index is 12.6. The van der Waals surface area contributed by atoms with Crippen molar-refractivity contribution in [1.29, 1.82) is 0 Å². The molecule has 0 aliphatic carbocycles. The molecule has 0 spiro atoms. The molecular formula is C22H20N4O4S. The second-order valence-electron chi connectivity index (χ2n) is 6.95. The van der Waals surface area contributed by atoms with Crippen LogP contribution < -0.4 is 15.4 Å². The predicted molar refractivity (Wildman–Crippen MR) is 119 cm³/mol. The monoisotopic (exact) mass is 436 g/mol. The van der Waals surface area contributed by atoms with Crippen LogP contribution in [-0.2, 0) is 11.4 Å². The molecule has 0 fully saturated rings. The summed E-state index contributed by atoms with van der Waals surface area (Å²) in [6, 6.07) is 12.3. The lowest BCUT2D eigenvalue weighted by molar-refractivity contribution is -0.114. The zero-order chi connectivity index (χ0) is 22.0. The van der Waals surface area contributed by atoms with E-state index < -0.39 is 0 Å². The molecule has 8 nitrogen and oxygen atoms in total. The highest BCUT2D eigenvalue weighted by atomic mass is 32.1. The number of amides is 2. The predicted octanol–water partition coefficient (Wildman–Crippen LogP) is 4.69. The third-order valence-electron chi connectivity index (χ3n) is 4.61. The molecule has 31 heavy (non-hydrogen) atoms. The van der Waals surface area contributed by atoms with E-state index >= 15 is 0 Å². The highest BCUT2D eigenvalue weighted by Crippen LogP contribution is 2.28. The first-order valence-electron chi connectivity index (χ1n) is 9.53. The molecule has 0 aliphatic heterocycles. The second-order valence-corrected chi connectivity index (χ2v) is 7.98.